The number of piperidine rings is 1. The third kappa shape index (κ3) is 7.23. The maximum Gasteiger partial charge on any atom is 0.253 e. The Morgan fingerprint density at radius 1 is 1.21 bits per heavy atom. The molecule has 0 saturated carbocycles. The summed E-state index contributed by atoms with van der Waals surface area (Å²) in [4.78, 5) is 24.0. The summed E-state index contributed by atoms with van der Waals surface area (Å²) >= 11 is 13.0. The smallest absolute Gasteiger partial charge is 0.253 e. The van der Waals surface area contributed by atoms with Crippen molar-refractivity contribution in [2.45, 2.75) is 38.1 Å². The fourth-order valence-corrected chi connectivity index (χ4v) is 5.24. The number of aliphatic hydroxyl groups is 1. The Kier molecular flexibility index (Phi) is 10.8. The molecule has 13 heteroatoms. The lowest BCUT2D eigenvalue weighted by atomic mass is 10.0. The van der Waals surface area contributed by atoms with Gasteiger partial charge in [-0.3, -0.25) is 10.1 Å². The van der Waals surface area contributed by atoms with Gasteiger partial charge in [0.15, 0.2) is 0 Å². The summed E-state index contributed by atoms with van der Waals surface area (Å²) in [5.74, 6) is 0.663. The largest absolute Gasteiger partial charge is 0.495 e. The molecule has 1 unspecified atom stereocenters. The van der Waals surface area contributed by atoms with Crippen molar-refractivity contribution in [2.24, 2.45) is 0 Å². The third-order valence-electron chi connectivity index (χ3n) is 7.16. The molecule has 1 fully saturated rings. The van der Waals surface area contributed by atoms with Gasteiger partial charge in [-0.15, -0.1) is 0 Å². The Hall–Kier alpha value is -3.19. The first-order valence-corrected chi connectivity index (χ1v) is 14.3. The maximum atomic E-state index is 13.2. The number of nitrogens with one attached hydrogen (secondary N) is 3. The van der Waals surface area contributed by atoms with E-state index in [4.69, 9.17) is 37.4 Å². The average Bonchev–Trinajstić information content (AvgIpc) is 2.99. The summed E-state index contributed by atoms with van der Waals surface area (Å²) in [6.45, 7) is 3.55. The summed E-state index contributed by atoms with van der Waals surface area (Å²) < 4.78 is 17.2. The zero-order chi connectivity index (χ0) is 30.4. The number of hydrogen-bond donors (Lipinski definition) is 4. The maximum absolute atomic E-state index is 13.2. The number of carbonyl (C=O) groups excluding carboxylic acids is 1. The van der Waals surface area contributed by atoms with Crippen LogP contribution in [0.5, 0.6) is 17.4 Å². The Labute approximate surface area is 255 Å². The number of rotatable bonds is 11. The minimum atomic E-state index is -0.948. The van der Waals surface area contributed by atoms with E-state index in [0.29, 0.717) is 29.2 Å². The Morgan fingerprint density at radius 3 is 2.69 bits per heavy atom. The molecule has 1 saturated heterocycles. The van der Waals surface area contributed by atoms with Crippen LogP contribution in [0.1, 0.15) is 41.1 Å². The summed E-state index contributed by atoms with van der Waals surface area (Å²) in [6, 6.07) is 8.47. The molecule has 0 bridgehead atoms. The van der Waals surface area contributed by atoms with E-state index in [1.807, 2.05) is 26.1 Å². The van der Waals surface area contributed by atoms with E-state index < -0.39 is 6.23 Å². The fourth-order valence-electron chi connectivity index (χ4n) is 4.86. The van der Waals surface area contributed by atoms with Crippen molar-refractivity contribution < 1.29 is 24.1 Å². The number of benzene rings is 2. The summed E-state index contributed by atoms with van der Waals surface area (Å²) in [6.07, 6.45) is 1.76. The summed E-state index contributed by atoms with van der Waals surface area (Å²) in [7, 11) is 6.80. The second-order valence-electron chi connectivity index (χ2n) is 9.88. The quantitative estimate of drug-likeness (QED) is 0.227. The number of aromatic nitrogens is 2. The highest BCUT2D eigenvalue weighted by atomic mass is 35.5. The number of methoxy groups -OCH3 is 2. The molecule has 2 heterocycles. The lowest BCUT2D eigenvalue weighted by molar-refractivity contribution is 0.0142. The number of nitrogens with zero attached hydrogens (tertiary/aromatic N) is 3. The zero-order valence-corrected chi connectivity index (χ0v) is 25.7. The molecule has 3 atom stereocenters. The number of anilines is 2. The molecule has 42 heavy (non-hydrogen) atoms. The van der Waals surface area contributed by atoms with E-state index in [2.05, 4.69) is 30.8 Å². The van der Waals surface area contributed by atoms with Gasteiger partial charge in [0, 0.05) is 19.2 Å². The lowest BCUT2D eigenvalue weighted by Crippen LogP contribution is -2.53. The summed E-state index contributed by atoms with van der Waals surface area (Å²) in [5.41, 5.74) is 2.20. The molecule has 4 rings (SSSR count). The van der Waals surface area contributed by atoms with Crippen molar-refractivity contribution >= 4 is 40.7 Å². The van der Waals surface area contributed by atoms with Gasteiger partial charge in [-0.25, -0.2) is 4.98 Å². The molecule has 11 nitrogen and oxygen atoms in total. The lowest BCUT2D eigenvalue weighted by Gasteiger charge is -2.36. The van der Waals surface area contributed by atoms with Gasteiger partial charge in [0.05, 0.1) is 41.7 Å². The van der Waals surface area contributed by atoms with E-state index in [0.717, 1.165) is 25.1 Å². The summed E-state index contributed by atoms with van der Waals surface area (Å²) in [5, 5.41) is 19.9. The number of halogens is 2. The number of likely N-dealkylation sites (tertiary alicyclic amines) is 1. The van der Waals surface area contributed by atoms with Gasteiger partial charge in [0.25, 0.3) is 5.91 Å². The van der Waals surface area contributed by atoms with Crippen LogP contribution in [-0.4, -0.2) is 79.4 Å². The molecule has 1 aromatic heterocycles. The molecule has 1 aliphatic heterocycles. The minimum Gasteiger partial charge on any atom is -0.495 e. The number of aryl methyl sites for hydroxylation is 1. The minimum absolute atomic E-state index is 0.0823. The molecule has 1 amide bonds. The van der Waals surface area contributed by atoms with Crippen LogP contribution in [0.3, 0.4) is 0 Å². The van der Waals surface area contributed by atoms with E-state index in [1.165, 1.54) is 13.3 Å². The molecule has 2 aromatic carbocycles. The van der Waals surface area contributed by atoms with Gasteiger partial charge in [0.2, 0.25) is 11.8 Å². The van der Waals surface area contributed by atoms with Crippen LogP contribution in [0.4, 0.5) is 11.6 Å². The molecule has 4 N–H and O–H groups in total. The second kappa shape index (κ2) is 14.3. The van der Waals surface area contributed by atoms with E-state index in [-0.39, 0.29) is 45.5 Å². The first-order valence-electron chi connectivity index (χ1n) is 13.5. The SMILES string of the molecule is CCc1cccc(Oc2nc(Nc3cc(Cl)c(C(=O)N[C@@H]4CCN(C)C[C@@H]4OC)cc3OC)ncc2Cl)c1C(O)NC. The molecule has 226 valence electrons. The van der Waals surface area contributed by atoms with Crippen LogP contribution in [0.15, 0.2) is 36.5 Å². The Morgan fingerprint density at radius 2 is 2.00 bits per heavy atom. The monoisotopic (exact) mass is 618 g/mol. The molecule has 0 radical (unpaired) electrons. The highest BCUT2D eigenvalue weighted by Crippen LogP contribution is 2.36. The highest BCUT2D eigenvalue weighted by molar-refractivity contribution is 6.34. The molecule has 0 spiro atoms. The van der Waals surface area contributed by atoms with Crippen molar-refractivity contribution in [2.75, 3.05) is 46.7 Å². The Bertz CT molecular complexity index is 1410. The van der Waals surface area contributed by atoms with Crippen molar-refractivity contribution in [3.63, 3.8) is 0 Å². The number of likely N-dealkylation sites (N-methyl/N-ethyl adjacent to an activating group) is 1. The predicted octanol–water partition coefficient (Wildman–Crippen LogP) is 4.55. The van der Waals surface area contributed by atoms with Gasteiger partial charge in [-0.2, -0.15) is 4.98 Å². The second-order valence-corrected chi connectivity index (χ2v) is 10.7. The number of ether oxygens (including phenoxy) is 3. The van der Waals surface area contributed by atoms with Crippen molar-refractivity contribution in [1.29, 1.82) is 0 Å². The van der Waals surface area contributed by atoms with Crippen LogP contribution >= 0.6 is 23.2 Å². The van der Waals surface area contributed by atoms with E-state index in [9.17, 15) is 9.90 Å². The molecular weight excluding hydrogens is 583 g/mol. The average molecular weight is 620 g/mol. The number of aliphatic hydroxyl groups excluding tert-OH is 1. The normalized spacial score (nSPS) is 17.9. The van der Waals surface area contributed by atoms with E-state index >= 15 is 0 Å². The van der Waals surface area contributed by atoms with Crippen LogP contribution < -0.4 is 25.4 Å². The highest BCUT2D eigenvalue weighted by Gasteiger charge is 2.30. The van der Waals surface area contributed by atoms with Crippen molar-refractivity contribution in [1.82, 2.24) is 25.5 Å². The van der Waals surface area contributed by atoms with Gasteiger partial charge in [0.1, 0.15) is 22.7 Å². The topological polar surface area (TPSA) is 130 Å². The van der Waals surface area contributed by atoms with Crippen LogP contribution in [0, 0.1) is 0 Å². The first-order chi connectivity index (χ1) is 20.2. The number of hydrogen-bond acceptors (Lipinski definition) is 10. The van der Waals surface area contributed by atoms with Crippen LogP contribution in [0.2, 0.25) is 10.0 Å². The molecular formula is C29H36Cl2N6O5. The third-order valence-corrected chi connectivity index (χ3v) is 7.74. The fraction of sp³-hybridized carbons (Fsp3) is 0.414. The molecule has 1 aliphatic rings. The number of carbonyl (C=O) groups is 1. The standard InChI is InChI=1S/C29H36Cl2N6O5/c1-6-16-8-7-9-22(25(16)27(39)32-2)42-28-19(31)14-33-29(36-28)35-21-13-18(30)17(12-23(21)40-4)26(38)34-20-10-11-37(3)15-24(20)41-5/h7-9,12-14,20,24,27,32,39H,6,10-11,15H2,1-5H3,(H,34,38)(H,33,35,36)/t20-,24+,27?/m1/s1. The van der Waals surface area contributed by atoms with Crippen LogP contribution in [0.25, 0.3) is 0 Å². The Balaban J connectivity index is 1.57. The molecule has 0 aliphatic carbocycles. The van der Waals surface area contributed by atoms with Crippen molar-refractivity contribution in [3.05, 3.63) is 63.3 Å². The van der Waals surface area contributed by atoms with Crippen LogP contribution in [-0.2, 0) is 11.2 Å². The first kappa shape index (κ1) is 31.7. The zero-order valence-electron chi connectivity index (χ0n) is 24.2. The van der Waals surface area contributed by atoms with Crippen molar-refractivity contribution in [3.8, 4) is 17.4 Å². The van der Waals surface area contributed by atoms with Gasteiger partial charge >= 0.3 is 0 Å². The van der Waals surface area contributed by atoms with Gasteiger partial charge in [-0.1, -0.05) is 42.3 Å². The number of amides is 1. The molecule has 3 aromatic rings. The van der Waals surface area contributed by atoms with Gasteiger partial charge in [-0.05, 0) is 57.2 Å². The van der Waals surface area contributed by atoms with E-state index in [1.54, 1.807) is 32.4 Å². The van der Waals surface area contributed by atoms with Gasteiger partial charge < -0.3 is 34.9 Å². The predicted molar refractivity (Wildman–Crippen MR) is 162 cm³/mol.